The Labute approximate surface area is 78.5 Å². The standard InChI is InChI=1S/C4H8N2.3C2H6/c1-4-2-3-5-6-4;3*1-2/h3-4,6H,2H2,1H3;3*1-2H3. The SMILES string of the molecule is CC.CC.CC.CC1CC=NN1. The number of hydrazone groups is 1. The lowest BCUT2D eigenvalue weighted by Crippen LogP contribution is -2.12. The van der Waals surface area contributed by atoms with Gasteiger partial charge in [0.05, 0.1) is 0 Å². The van der Waals surface area contributed by atoms with Crippen LogP contribution in [0.5, 0.6) is 0 Å². The highest BCUT2D eigenvalue weighted by Crippen LogP contribution is 1.91. The first kappa shape index (κ1) is 17.5. The van der Waals surface area contributed by atoms with Crippen molar-refractivity contribution < 1.29 is 0 Å². The minimum Gasteiger partial charge on any atom is -0.307 e. The summed E-state index contributed by atoms with van der Waals surface area (Å²) in [6.07, 6.45) is 2.98. The van der Waals surface area contributed by atoms with Crippen molar-refractivity contribution in [2.45, 2.75) is 60.9 Å². The van der Waals surface area contributed by atoms with Crippen molar-refractivity contribution in [3.05, 3.63) is 0 Å². The van der Waals surface area contributed by atoms with Crippen molar-refractivity contribution in [1.82, 2.24) is 5.43 Å². The summed E-state index contributed by atoms with van der Waals surface area (Å²) in [7, 11) is 0. The van der Waals surface area contributed by atoms with E-state index in [1.54, 1.807) is 0 Å². The first-order valence-corrected chi connectivity index (χ1v) is 5.16. The number of rotatable bonds is 0. The van der Waals surface area contributed by atoms with Gasteiger partial charge in [-0.3, -0.25) is 0 Å². The molecule has 0 radical (unpaired) electrons. The molecule has 12 heavy (non-hydrogen) atoms. The normalized spacial score (nSPS) is 16.8. The van der Waals surface area contributed by atoms with Gasteiger partial charge >= 0.3 is 0 Å². The van der Waals surface area contributed by atoms with Crippen LogP contribution in [0, 0.1) is 0 Å². The number of nitrogens with one attached hydrogen (secondary N) is 1. The molecule has 0 aromatic rings. The molecule has 0 saturated carbocycles. The summed E-state index contributed by atoms with van der Waals surface area (Å²) in [6.45, 7) is 14.1. The lowest BCUT2D eigenvalue weighted by atomic mass is 10.3. The van der Waals surface area contributed by atoms with Gasteiger partial charge in [-0.25, -0.2) is 0 Å². The maximum absolute atomic E-state index is 3.79. The van der Waals surface area contributed by atoms with Gasteiger partial charge in [0.25, 0.3) is 0 Å². The van der Waals surface area contributed by atoms with Gasteiger partial charge in [0.2, 0.25) is 0 Å². The van der Waals surface area contributed by atoms with Crippen molar-refractivity contribution in [2.75, 3.05) is 0 Å². The smallest absolute Gasteiger partial charge is 0.0461 e. The third-order valence-electron chi connectivity index (χ3n) is 0.845. The molecule has 0 spiro atoms. The first-order valence-electron chi connectivity index (χ1n) is 5.16. The molecule has 0 amide bonds. The second-order valence-electron chi connectivity index (χ2n) is 1.58. The monoisotopic (exact) mass is 174 g/mol. The van der Waals surface area contributed by atoms with E-state index >= 15 is 0 Å². The number of hydrogen-bond donors (Lipinski definition) is 1. The van der Waals surface area contributed by atoms with Crippen LogP contribution >= 0.6 is 0 Å². The highest BCUT2D eigenvalue weighted by atomic mass is 15.3. The summed E-state index contributed by atoms with van der Waals surface area (Å²) in [5, 5.41) is 3.79. The van der Waals surface area contributed by atoms with Crippen LogP contribution in [0.2, 0.25) is 0 Å². The molecule has 0 bridgehead atoms. The molecule has 0 aliphatic carbocycles. The van der Waals surface area contributed by atoms with Gasteiger partial charge in [0.15, 0.2) is 0 Å². The van der Waals surface area contributed by atoms with Crippen LogP contribution in [0.1, 0.15) is 54.9 Å². The molecule has 0 aromatic heterocycles. The third-order valence-corrected chi connectivity index (χ3v) is 0.845. The largest absolute Gasteiger partial charge is 0.307 e. The maximum Gasteiger partial charge on any atom is 0.0461 e. The van der Waals surface area contributed by atoms with Crippen LogP contribution < -0.4 is 5.43 Å². The van der Waals surface area contributed by atoms with Crippen molar-refractivity contribution in [3.63, 3.8) is 0 Å². The van der Waals surface area contributed by atoms with E-state index in [1.165, 1.54) is 0 Å². The van der Waals surface area contributed by atoms with Gasteiger partial charge in [0.1, 0.15) is 0 Å². The minimum absolute atomic E-state index is 0.574. The average molecular weight is 174 g/mol. The Morgan fingerprint density at radius 2 is 1.50 bits per heavy atom. The molecule has 1 atom stereocenters. The van der Waals surface area contributed by atoms with E-state index in [0.29, 0.717) is 6.04 Å². The summed E-state index contributed by atoms with van der Waals surface area (Å²) < 4.78 is 0. The van der Waals surface area contributed by atoms with Gasteiger partial charge in [0, 0.05) is 18.7 Å². The predicted octanol–water partition coefficient (Wildman–Crippen LogP) is 3.43. The van der Waals surface area contributed by atoms with Gasteiger partial charge in [-0.1, -0.05) is 41.5 Å². The van der Waals surface area contributed by atoms with E-state index in [0.717, 1.165) is 6.42 Å². The predicted molar refractivity (Wildman–Crippen MR) is 59.8 cm³/mol. The molecule has 1 aliphatic heterocycles. The van der Waals surface area contributed by atoms with Crippen LogP contribution in [0.15, 0.2) is 5.10 Å². The topological polar surface area (TPSA) is 24.4 Å². The Morgan fingerprint density at radius 1 is 1.08 bits per heavy atom. The zero-order valence-electron chi connectivity index (χ0n) is 9.81. The summed E-state index contributed by atoms with van der Waals surface area (Å²) in [5.74, 6) is 0. The van der Waals surface area contributed by atoms with Gasteiger partial charge in [-0.05, 0) is 6.92 Å². The minimum atomic E-state index is 0.574. The zero-order chi connectivity index (χ0) is 10.4. The summed E-state index contributed by atoms with van der Waals surface area (Å²) in [6, 6.07) is 0.574. The number of hydrogen-bond acceptors (Lipinski definition) is 2. The molecular weight excluding hydrogens is 148 g/mol. The molecule has 0 aromatic carbocycles. The quantitative estimate of drug-likeness (QED) is 0.598. The summed E-state index contributed by atoms with van der Waals surface area (Å²) in [4.78, 5) is 0. The van der Waals surface area contributed by atoms with Crippen molar-refractivity contribution in [1.29, 1.82) is 0 Å². The Morgan fingerprint density at radius 3 is 1.58 bits per heavy atom. The Balaban J connectivity index is -0.000000117. The van der Waals surface area contributed by atoms with Gasteiger partial charge in [-0.15, -0.1) is 0 Å². The van der Waals surface area contributed by atoms with Gasteiger partial charge < -0.3 is 5.43 Å². The van der Waals surface area contributed by atoms with Crippen molar-refractivity contribution in [3.8, 4) is 0 Å². The highest BCUT2D eigenvalue weighted by molar-refractivity contribution is 5.59. The molecule has 2 nitrogen and oxygen atoms in total. The highest BCUT2D eigenvalue weighted by Gasteiger charge is 1.99. The summed E-state index contributed by atoms with van der Waals surface area (Å²) >= 11 is 0. The van der Waals surface area contributed by atoms with Crippen LogP contribution in [-0.2, 0) is 0 Å². The van der Waals surface area contributed by atoms with Crippen LogP contribution in [0.3, 0.4) is 0 Å². The van der Waals surface area contributed by atoms with Crippen molar-refractivity contribution >= 4 is 6.21 Å². The lowest BCUT2D eigenvalue weighted by molar-refractivity contribution is 0.636. The van der Waals surface area contributed by atoms with Crippen LogP contribution in [-0.4, -0.2) is 12.3 Å². The lowest BCUT2D eigenvalue weighted by Gasteiger charge is -1.94. The molecule has 1 aliphatic rings. The van der Waals surface area contributed by atoms with Gasteiger partial charge in [-0.2, -0.15) is 5.10 Å². The second-order valence-corrected chi connectivity index (χ2v) is 1.58. The van der Waals surface area contributed by atoms with Crippen molar-refractivity contribution in [2.24, 2.45) is 5.10 Å². The molecule has 1 rings (SSSR count). The molecule has 0 saturated heterocycles. The second kappa shape index (κ2) is 22.4. The fourth-order valence-corrected chi connectivity index (χ4v) is 0.443. The van der Waals surface area contributed by atoms with E-state index in [2.05, 4.69) is 17.5 Å². The molecule has 2 heteroatoms. The third kappa shape index (κ3) is 16.2. The maximum atomic E-state index is 3.79. The molecule has 1 heterocycles. The van der Waals surface area contributed by atoms with E-state index in [9.17, 15) is 0 Å². The van der Waals surface area contributed by atoms with Crippen LogP contribution in [0.4, 0.5) is 0 Å². The Bertz CT molecular complexity index is 62.2. The fourth-order valence-electron chi connectivity index (χ4n) is 0.443. The Kier molecular flexibility index (Phi) is 32.8. The van der Waals surface area contributed by atoms with Crippen LogP contribution in [0.25, 0.3) is 0 Å². The molecule has 1 unspecified atom stereocenters. The number of nitrogens with zero attached hydrogens (tertiary/aromatic N) is 1. The van der Waals surface area contributed by atoms with E-state index in [4.69, 9.17) is 0 Å². The summed E-state index contributed by atoms with van der Waals surface area (Å²) in [5.41, 5.74) is 2.89. The van der Waals surface area contributed by atoms with E-state index in [-0.39, 0.29) is 0 Å². The van der Waals surface area contributed by atoms with E-state index in [1.807, 2.05) is 47.8 Å². The fraction of sp³-hybridized carbons (Fsp3) is 0.900. The Hall–Kier alpha value is -0.530. The average Bonchev–Trinajstić information content (AvgIpc) is 2.66. The molecular formula is C10H26N2. The first-order chi connectivity index (χ1) is 5.89. The zero-order valence-corrected chi connectivity index (χ0v) is 9.81. The molecule has 0 fully saturated rings. The molecule has 1 N–H and O–H groups in total. The molecule has 76 valence electrons. The van der Waals surface area contributed by atoms with E-state index < -0.39 is 0 Å².